The van der Waals surface area contributed by atoms with Gasteiger partial charge in [0.05, 0.1) is 37.0 Å². The minimum atomic E-state index is -3.74. The lowest BCUT2D eigenvalue weighted by atomic mass is 10.1. The number of nitrogens with one attached hydrogen (secondary N) is 1. The molecule has 7 nitrogen and oxygen atoms in total. The Morgan fingerprint density at radius 3 is 2.48 bits per heavy atom. The molecule has 0 aliphatic rings. The second kappa shape index (κ2) is 7.45. The molecule has 3 rings (SSSR count). The Morgan fingerprint density at radius 2 is 1.80 bits per heavy atom. The van der Waals surface area contributed by atoms with E-state index in [1.54, 1.807) is 24.5 Å². The monoisotopic (exact) mass is 358 g/mol. The molecule has 1 unspecified atom stereocenters. The van der Waals surface area contributed by atoms with E-state index in [-0.39, 0.29) is 11.4 Å². The fraction of sp³-hybridized carbons (Fsp3) is 0.176. The maximum absolute atomic E-state index is 12.8. The van der Waals surface area contributed by atoms with Crippen molar-refractivity contribution in [1.29, 1.82) is 0 Å². The summed E-state index contributed by atoms with van der Waals surface area (Å²) in [7, 11) is -2.25. The maximum atomic E-state index is 12.8. The molecule has 0 spiro atoms. The zero-order chi connectivity index (χ0) is 17.7. The first kappa shape index (κ1) is 17.1. The van der Waals surface area contributed by atoms with Crippen LogP contribution in [0, 0.1) is 0 Å². The molecule has 25 heavy (non-hydrogen) atoms. The van der Waals surface area contributed by atoms with E-state index in [2.05, 4.69) is 14.9 Å². The van der Waals surface area contributed by atoms with Crippen LogP contribution in [0.2, 0.25) is 0 Å². The lowest BCUT2D eigenvalue weighted by Crippen LogP contribution is -2.32. The smallest absolute Gasteiger partial charge is 0.241 e. The van der Waals surface area contributed by atoms with Gasteiger partial charge in [0, 0.05) is 6.07 Å². The van der Waals surface area contributed by atoms with Crippen molar-refractivity contribution in [1.82, 2.24) is 19.7 Å². The average Bonchev–Trinajstić information content (AvgIpc) is 3.15. The zero-order valence-corrected chi connectivity index (χ0v) is 14.4. The molecular weight excluding hydrogens is 340 g/mol. The highest BCUT2D eigenvalue weighted by Gasteiger charge is 2.22. The van der Waals surface area contributed by atoms with Crippen LogP contribution in [-0.2, 0) is 16.6 Å². The minimum Gasteiger partial charge on any atom is -0.497 e. The molecule has 1 N–H and O–H groups in total. The quantitative estimate of drug-likeness (QED) is 0.698. The summed E-state index contributed by atoms with van der Waals surface area (Å²) >= 11 is 0. The average molecular weight is 358 g/mol. The van der Waals surface area contributed by atoms with Crippen LogP contribution < -0.4 is 9.46 Å². The molecule has 0 radical (unpaired) electrons. The van der Waals surface area contributed by atoms with Crippen LogP contribution in [0.5, 0.6) is 5.75 Å². The predicted molar refractivity (Wildman–Crippen MR) is 92.5 cm³/mol. The Labute approximate surface area is 146 Å². The van der Waals surface area contributed by atoms with E-state index in [9.17, 15) is 8.42 Å². The third-order valence-corrected chi connectivity index (χ3v) is 5.13. The maximum Gasteiger partial charge on any atom is 0.241 e. The first-order valence-corrected chi connectivity index (χ1v) is 9.12. The van der Waals surface area contributed by atoms with E-state index in [1.807, 2.05) is 30.3 Å². The van der Waals surface area contributed by atoms with Crippen molar-refractivity contribution in [2.45, 2.75) is 17.5 Å². The van der Waals surface area contributed by atoms with Gasteiger partial charge in [-0.05, 0) is 17.7 Å². The molecule has 1 atom stereocenters. The van der Waals surface area contributed by atoms with Gasteiger partial charge in [0.15, 0.2) is 0 Å². The van der Waals surface area contributed by atoms with Crippen LogP contribution in [0.25, 0.3) is 0 Å². The first-order valence-electron chi connectivity index (χ1n) is 7.64. The number of nitrogens with zero attached hydrogens (tertiary/aromatic N) is 3. The SMILES string of the molecule is COc1cccc(S(=O)(=O)NC(Cn2nccn2)c2ccccc2)c1. The number of aromatic nitrogens is 3. The number of ether oxygens (including phenoxy) is 1. The molecule has 3 aromatic rings. The second-order valence-corrected chi connectivity index (χ2v) is 7.06. The van der Waals surface area contributed by atoms with Gasteiger partial charge >= 0.3 is 0 Å². The van der Waals surface area contributed by atoms with Gasteiger partial charge in [-0.1, -0.05) is 36.4 Å². The summed E-state index contributed by atoms with van der Waals surface area (Å²) < 4.78 is 33.4. The van der Waals surface area contributed by atoms with Crippen molar-refractivity contribution >= 4 is 10.0 Å². The van der Waals surface area contributed by atoms with Crippen LogP contribution >= 0.6 is 0 Å². The highest BCUT2D eigenvalue weighted by molar-refractivity contribution is 7.89. The van der Waals surface area contributed by atoms with E-state index >= 15 is 0 Å². The van der Waals surface area contributed by atoms with Crippen LogP contribution in [0.15, 0.2) is 71.9 Å². The highest BCUT2D eigenvalue weighted by Crippen LogP contribution is 2.21. The van der Waals surface area contributed by atoms with Crippen LogP contribution in [0.3, 0.4) is 0 Å². The topological polar surface area (TPSA) is 86.1 Å². The molecule has 0 fully saturated rings. The van der Waals surface area contributed by atoms with Gasteiger partial charge in [-0.15, -0.1) is 0 Å². The number of hydrogen-bond donors (Lipinski definition) is 1. The predicted octanol–water partition coefficient (Wildman–Crippen LogP) is 2.01. The van der Waals surface area contributed by atoms with Gasteiger partial charge < -0.3 is 4.74 Å². The van der Waals surface area contributed by atoms with Gasteiger partial charge in [-0.2, -0.15) is 15.0 Å². The Bertz CT molecular complexity index is 912. The number of sulfonamides is 1. The third kappa shape index (κ3) is 4.23. The zero-order valence-electron chi connectivity index (χ0n) is 13.6. The van der Waals surface area contributed by atoms with Crippen molar-refractivity contribution in [3.63, 3.8) is 0 Å². The Balaban J connectivity index is 1.90. The molecule has 0 bridgehead atoms. The van der Waals surface area contributed by atoms with Gasteiger partial charge in [0.1, 0.15) is 5.75 Å². The van der Waals surface area contributed by atoms with Crippen molar-refractivity contribution in [2.24, 2.45) is 0 Å². The molecule has 0 amide bonds. The van der Waals surface area contributed by atoms with Crippen LogP contribution in [0.1, 0.15) is 11.6 Å². The fourth-order valence-electron chi connectivity index (χ4n) is 2.42. The number of hydrogen-bond acceptors (Lipinski definition) is 5. The molecule has 2 aromatic carbocycles. The summed E-state index contributed by atoms with van der Waals surface area (Å²) in [5.74, 6) is 0.480. The molecule has 0 aliphatic heterocycles. The molecule has 130 valence electrons. The first-order chi connectivity index (χ1) is 12.1. The Hall–Kier alpha value is -2.71. The number of methoxy groups -OCH3 is 1. The normalized spacial score (nSPS) is 12.7. The Kier molecular flexibility index (Phi) is 5.11. The largest absolute Gasteiger partial charge is 0.497 e. The van der Waals surface area contributed by atoms with Crippen molar-refractivity contribution in [3.8, 4) is 5.75 Å². The summed E-state index contributed by atoms with van der Waals surface area (Å²) in [6, 6.07) is 15.2. The number of rotatable bonds is 7. The van der Waals surface area contributed by atoms with E-state index in [1.165, 1.54) is 24.0 Å². The molecule has 0 saturated heterocycles. The molecule has 0 saturated carbocycles. The summed E-state index contributed by atoms with van der Waals surface area (Å²) in [5.41, 5.74) is 0.825. The molecule has 1 heterocycles. The summed E-state index contributed by atoms with van der Waals surface area (Å²) in [6.45, 7) is 0.278. The van der Waals surface area contributed by atoms with Gasteiger partial charge in [0.25, 0.3) is 0 Å². The van der Waals surface area contributed by atoms with E-state index in [0.29, 0.717) is 5.75 Å². The second-order valence-electron chi connectivity index (χ2n) is 5.35. The van der Waals surface area contributed by atoms with E-state index in [0.717, 1.165) is 5.56 Å². The van der Waals surface area contributed by atoms with E-state index in [4.69, 9.17) is 4.74 Å². The van der Waals surface area contributed by atoms with Crippen LogP contribution in [-0.4, -0.2) is 30.5 Å². The summed E-state index contributed by atoms with van der Waals surface area (Å²) in [5, 5.41) is 8.12. The minimum absolute atomic E-state index is 0.140. The molecule has 8 heteroatoms. The fourth-order valence-corrected chi connectivity index (χ4v) is 3.67. The van der Waals surface area contributed by atoms with Crippen molar-refractivity contribution in [3.05, 3.63) is 72.6 Å². The lowest BCUT2D eigenvalue weighted by molar-refractivity contribution is 0.413. The van der Waals surface area contributed by atoms with Crippen LogP contribution in [0.4, 0.5) is 0 Å². The van der Waals surface area contributed by atoms with Gasteiger partial charge in [-0.25, -0.2) is 13.1 Å². The van der Waals surface area contributed by atoms with Crippen molar-refractivity contribution in [2.75, 3.05) is 7.11 Å². The van der Waals surface area contributed by atoms with Gasteiger partial charge in [0.2, 0.25) is 10.0 Å². The Morgan fingerprint density at radius 1 is 1.08 bits per heavy atom. The van der Waals surface area contributed by atoms with Crippen molar-refractivity contribution < 1.29 is 13.2 Å². The van der Waals surface area contributed by atoms with Gasteiger partial charge in [-0.3, -0.25) is 0 Å². The number of benzene rings is 2. The van der Waals surface area contributed by atoms with E-state index < -0.39 is 16.1 Å². The standard InChI is InChI=1S/C17H18N4O3S/c1-24-15-8-5-9-16(12-15)25(22,23)20-17(13-21-18-10-11-19-21)14-6-3-2-4-7-14/h2-12,17,20H,13H2,1H3. The summed E-state index contributed by atoms with van der Waals surface area (Å²) in [6.07, 6.45) is 3.11. The highest BCUT2D eigenvalue weighted by atomic mass is 32.2. The lowest BCUT2D eigenvalue weighted by Gasteiger charge is -2.19. The molecule has 0 aliphatic carbocycles. The summed E-state index contributed by atoms with van der Waals surface area (Å²) in [4.78, 5) is 1.59. The molecule has 1 aromatic heterocycles. The molecular formula is C17H18N4O3S. The third-order valence-electron chi connectivity index (χ3n) is 3.66.